The van der Waals surface area contributed by atoms with Crippen LogP contribution < -0.4 is 9.80 Å². The van der Waals surface area contributed by atoms with Crippen molar-refractivity contribution >= 4 is 56.2 Å². The Morgan fingerprint density at radius 3 is 1.14 bits per heavy atom. The van der Waals surface area contributed by atoms with Crippen molar-refractivity contribution in [3.63, 3.8) is 0 Å². The highest BCUT2D eigenvalue weighted by atomic mass is 15.3. The van der Waals surface area contributed by atoms with E-state index in [-0.39, 0.29) is 0 Å². The predicted octanol–water partition coefficient (Wildman–Crippen LogP) is 9.44. The molecule has 0 atom stereocenters. The maximum atomic E-state index is 4.82. The van der Waals surface area contributed by atoms with Crippen LogP contribution in [0.4, 0.5) is 34.6 Å². The molecule has 7 rings (SSSR count). The third-order valence-electron chi connectivity index (χ3n) is 7.79. The molecule has 0 amide bonds. The van der Waals surface area contributed by atoms with Crippen LogP contribution in [0.2, 0.25) is 0 Å². The first-order valence-electron chi connectivity index (χ1n) is 14.3. The van der Waals surface area contributed by atoms with Gasteiger partial charge in [-0.3, -0.25) is 9.80 Å². The number of fused-ring (bicyclic) bond motifs is 2. The van der Waals surface area contributed by atoms with E-state index in [1.807, 2.05) is 97.6 Å². The molecule has 6 nitrogen and oxygen atoms in total. The molecule has 4 aromatic heterocycles. The summed E-state index contributed by atoms with van der Waals surface area (Å²) in [5, 5.41) is 4.33. The summed E-state index contributed by atoms with van der Waals surface area (Å²) in [4.78, 5) is 23.6. The van der Waals surface area contributed by atoms with Crippen molar-refractivity contribution in [3.8, 4) is 0 Å². The quantitative estimate of drug-likeness (QED) is 0.150. The maximum Gasteiger partial charge on any atom is 0.138 e. The minimum absolute atomic E-state index is 0.793. The van der Waals surface area contributed by atoms with Gasteiger partial charge >= 0.3 is 0 Å². The summed E-state index contributed by atoms with van der Waals surface area (Å²) < 4.78 is 0. The zero-order chi connectivity index (χ0) is 29.3. The molecule has 7 aromatic rings. The van der Waals surface area contributed by atoms with Crippen LogP contribution in [0, 0.1) is 20.8 Å². The highest BCUT2D eigenvalue weighted by Gasteiger charge is 2.27. The largest absolute Gasteiger partial charge is 0.278 e. The molecule has 0 radical (unpaired) electrons. The molecule has 0 fully saturated rings. The van der Waals surface area contributed by atoms with E-state index in [0.717, 1.165) is 61.8 Å². The zero-order valence-electron chi connectivity index (χ0n) is 24.3. The monoisotopic (exact) mass is 558 g/mol. The van der Waals surface area contributed by atoms with E-state index in [4.69, 9.17) is 19.9 Å². The standard InChI is InChI=1S/C37H30N6/c1-25-16-17-28-29(22-25)37(43(34-14-6-10-20-40-34)35-15-7-11-21-41-35)31-24-27(3)26(2)23-30(31)36(28)42(32-12-4-8-18-38-32)33-13-5-9-19-39-33/h4-24H,1-3H3. The average Bonchev–Trinajstić information content (AvgIpc) is 3.05. The molecule has 0 saturated heterocycles. The third-order valence-corrected chi connectivity index (χ3v) is 7.79. The van der Waals surface area contributed by atoms with Crippen LogP contribution >= 0.6 is 0 Å². The lowest BCUT2D eigenvalue weighted by molar-refractivity contribution is 1.13. The molecule has 6 heteroatoms. The second kappa shape index (κ2) is 11.0. The number of aryl methyl sites for hydroxylation is 3. The van der Waals surface area contributed by atoms with Gasteiger partial charge in [-0.2, -0.15) is 0 Å². The molecular weight excluding hydrogens is 528 g/mol. The fourth-order valence-corrected chi connectivity index (χ4v) is 5.68. The van der Waals surface area contributed by atoms with Crippen LogP contribution in [0.15, 0.2) is 128 Å². The lowest BCUT2D eigenvalue weighted by Gasteiger charge is -2.31. The van der Waals surface area contributed by atoms with Crippen molar-refractivity contribution < 1.29 is 0 Å². The number of benzene rings is 3. The lowest BCUT2D eigenvalue weighted by atomic mass is 9.92. The number of anilines is 6. The number of hydrogen-bond donors (Lipinski definition) is 0. The number of nitrogens with zero attached hydrogens (tertiary/aromatic N) is 6. The van der Waals surface area contributed by atoms with Gasteiger partial charge in [0.1, 0.15) is 23.3 Å². The van der Waals surface area contributed by atoms with E-state index < -0.39 is 0 Å². The second-order valence-electron chi connectivity index (χ2n) is 10.7. The first-order valence-corrected chi connectivity index (χ1v) is 14.3. The Morgan fingerprint density at radius 2 is 0.767 bits per heavy atom. The molecule has 43 heavy (non-hydrogen) atoms. The van der Waals surface area contributed by atoms with Gasteiger partial charge in [-0.05, 0) is 98.6 Å². The van der Waals surface area contributed by atoms with E-state index in [1.54, 1.807) is 0 Å². The summed E-state index contributed by atoms with van der Waals surface area (Å²) in [6.45, 7) is 6.47. The molecule has 0 aliphatic rings. The summed E-state index contributed by atoms with van der Waals surface area (Å²) in [5.74, 6) is 3.17. The van der Waals surface area contributed by atoms with Crippen molar-refractivity contribution in [2.75, 3.05) is 9.80 Å². The van der Waals surface area contributed by atoms with Gasteiger partial charge in [0.15, 0.2) is 0 Å². The fraction of sp³-hybridized carbons (Fsp3) is 0.0811. The Bertz CT molecular complexity index is 1970. The molecule has 0 bridgehead atoms. The van der Waals surface area contributed by atoms with Crippen LogP contribution in [0.5, 0.6) is 0 Å². The molecule has 0 aliphatic carbocycles. The van der Waals surface area contributed by atoms with E-state index in [9.17, 15) is 0 Å². The Morgan fingerprint density at radius 1 is 0.395 bits per heavy atom. The maximum absolute atomic E-state index is 4.82. The molecular formula is C37H30N6. The van der Waals surface area contributed by atoms with Crippen LogP contribution in [-0.2, 0) is 0 Å². The highest BCUT2D eigenvalue weighted by Crippen LogP contribution is 2.50. The second-order valence-corrected chi connectivity index (χ2v) is 10.7. The summed E-state index contributed by atoms with van der Waals surface area (Å²) in [6, 6.07) is 35.2. The molecule has 4 heterocycles. The summed E-state index contributed by atoms with van der Waals surface area (Å²) in [5.41, 5.74) is 5.62. The van der Waals surface area contributed by atoms with Gasteiger partial charge in [-0.15, -0.1) is 0 Å². The Balaban J connectivity index is 1.68. The van der Waals surface area contributed by atoms with Gasteiger partial charge in [0.05, 0.1) is 11.4 Å². The normalized spacial score (nSPS) is 11.1. The van der Waals surface area contributed by atoms with Crippen molar-refractivity contribution in [1.82, 2.24) is 19.9 Å². The van der Waals surface area contributed by atoms with E-state index >= 15 is 0 Å². The van der Waals surface area contributed by atoms with Crippen molar-refractivity contribution in [3.05, 3.63) is 145 Å². The average molecular weight is 559 g/mol. The minimum atomic E-state index is 0.793. The van der Waals surface area contributed by atoms with E-state index in [1.165, 1.54) is 11.1 Å². The molecule has 0 aliphatic heterocycles. The summed E-state index contributed by atoms with van der Waals surface area (Å²) >= 11 is 0. The fourth-order valence-electron chi connectivity index (χ4n) is 5.68. The predicted molar refractivity (Wildman–Crippen MR) is 176 cm³/mol. The summed E-state index contributed by atoms with van der Waals surface area (Å²) in [6.07, 6.45) is 7.31. The molecule has 3 aromatic carbocycles. The Hall–Kier alpha value is -5.62. The smallest absolute Gasteiger partial charge is 0.138 e. The van der Waals surface area contributed by atoms with Gasteiger partial charge < -0.3 is 0 Å². The zero-order valence-corrected chi connectivity index (χ0v) is 24.3. The minimum Gasteiger partial charge on any atom is -0.278 e. The number of rotatable bonds is 6. The molecule has 0 unspecified atom stereocenters. The molecule has 0 N–H and O–H groups in total. The Labute approximate surface area is 251 Å². The summed E-state index contributed by atoms with van der Waals surface area (Å²) in [7, 11) is 0. The van der Waals surface area contributed by atoms with Crippen molar-refractivity contribution in [2.24, 2.45) is 0 Å². The highest BCUT2D eigenvalue weighted by molar-refractivity contribution is 6.23. The number of aromatic nitrogens is 4. The van der Waals surface area contributed by atoms with Gasteiger partial charge in [0.25, 0.3) is 0 Å². The van der Waals surface area contributed by atoms with Crippen LogP contribution in [0.25, 0.3) is 21.5 Å². The Kier molecular flexibility index (Phi) is 6.72. The topological polar surface area (TPSA) is 58.0 Å². The van der Waals surface area contributed by atoms with E-state index in [2.05, 4.69) is 60.9 Å². The first kappa shape index (κ1) is 26.3. The van der Waals surface area contributed by atoms with Gasteiger partial charge in [-0.1, -0.05) is 42.0 Å². The SMILES string of the molecule is Cc1ccc2c(N(c3ccccn3)c3ccccn3)c3cc(C)c(C)cc3c(N(c3ccccn3)c3ccccn3)c2c1. The number of pyridine rings is 4. The molecule has 0 spiro atoms. The van der Waals surface area contributed by atoms with Gasteiger partial charge in [0, 0.05) is 46.3 Å². The van der Waals surface area contributed by atoms with Gasteiger partial charge in [-0.25, -0.2) is 19.9 Å². The lowest BCUT2D eigenvalue weighted by Crippen LogP contribution is -2.17. The first-order chi connectivity index (χ1) is 21.1. The molecule has 0 saturated carbocycles. The van der Waals surface area contributed by atoms with E-state index in [0.29, 0.717) is 0 Å². The number of hydrogen-bond acceptors (Lipinski definition) is 6. The molecule has 208 valence electrons. The van der Waals surface area contributed by atoms with Crippen LogP contribution in [-0.4, -0.2) is 19.9 Å². The van der Waals surface area contributed by atoms with Crippen molar-refractivity contribution in [2.45, 2.75) is 20.8 Å². The van der Waals surface area contributed by atoms with Crippen LogP contribution in [0.3, 0.4) is 0 Å². The van der Waals surface area contributed by atoms with Crippen LogP contribution in [0.1, 0.15) is 16.7 Å². The third kappa shape index (κ3) is 4.73. The van der Waals surface area contributed by atoms with Gasteiger partial charge in [0.2, 0.25) is 0 Å². The van der Waals surface area contributed by atoms with Crippen molar-refractivity contribution in [1.29, 1.82) is 0 Å².